The minimum Gasteiger partial charge on any atom is -0.273 e. The number of halogens is 2. The topological polar surface area (TPSA) is 82.9 Å². The van der Waals surface area contributed by atoms with Crippen LogP contribution in [0.25, 0.3) is 0 Å². The van der Waals surface area contributed by atoms with Crippen molar-refractivity contribution in [2.75, 3.05) is 0 Å². The summed E-state index contributed by atoms with van der Waals surface area (Å²) in [4.78, 5) is 23.9. The Morgan fingerprint density at radius 1 is 0.636 bits per heavy atom. The highest BCUT2D eigenvalue weighted by Crippen LogP contribution is 2.12. The van der Waals surface area contributed by atoms with Gasteiger partial charge in [-0.1, -0.05) is 75.4 Å². The Kier molecular flexibility index (Phi) is 12.0. The van der Waals surface area contributed by atoms with E-state index in [4.69, 9.17) is 0 Å². The van der Waals surface area contributed by atoms with Gasteiger partial charge in [-0.15, -0.1) is 0 Å². The average Bonchev–Trinajstić information content (AvgIpc) is 2.81. The van der Waals surface area contributed by atoms with E-state index in [0.717, 1.165) is 63.6 Å². The van der Waals surface area contributed by atoms with Crippen molar-refractivity contribution in [2.24, 2.45) is 10.2 Å². The van der Waals surface area contributed by atoms with E-state index in [2.05, 4.69) is 52.9 Å². The van der Waals surface area contributed by atoms with Crippen molar-refractivity contribution in [2.45, 2.75) is 58.8 Å². The van der Waals surface area contributed by atoms with Gasteiger partial charge in [0.25, 0.3) is 0 Å². The lowest BCUT2D eigenvalue weighted by molar-refractivity contribution is -0.121. The Bertz CT molecular complexity index is 891. The molecule has 0 spiro atoms. The summed E-state index contributed by atoms with van der Waals surface area (Å²) in [6.07, 6.45) is 5.39. The number of hydrazone groups is 2. The molecule has 2 rings (SSSR count). The van der Waals surface area contributed by atoms with Crippen LogP contribution in [-0.4, -0.2) is 23.2 Å². The third-order valence-electron chi connectivity index (χ3n) is 5.03. The molecule has 0 bridgehead atoms. The van der Waals surface area contributed by atoms with E-state index in [1.807, 2.05) is 62.4 Å². The van der Waals surface area contributed by atoms with Crippen LogP contribution in [0, 0.1) is 0 Å². The maximum atomic E-state index is 12.0. The standard InChI is InChI=1S/C25H30Br2N4O2/c1-18(20-10-14-22(26)15-11-20)28-30-24(32)8-6-4-3-5-7-9-25(33)31-29-19(2)21-12-16-23(27)17-13-21/h10-17H,3-9H2,1-2H3,(H,30,32)(H,31,33). The summed E-state index contributed by atoms with van der Waals surface area (Å²) in [6, 6.07) is 15.6. The normalized spacial score (nSPS) is 11.9. The molecule has 6 nitrogen and oxygen atoms in total. The van der Waals surface area contributed by atoms with Gasteiger partial charge in [-0.3, -0.25) is 9.59 Å². The monoisotopic (exact) mass is 576 g/mol. The molecule has 33 heavy (non-hydrogen) atoms. The van der Waals surface area contributed by atoms with Gasteiger partial charge in [-0.05, 0) is 62.1 Å². The zero-order valence-corrected chi connectivity index (χ0v) is 22.2. The number of carbonyl (C=O) groups is 2. The lowest BCUT2D eigenvalue weighted by Crippen LogP contribution is -2.19. The summed E-state index contributed by atoms with van der Waals surface area (Å²) < 4.78 is 2.01. The molecule has 2 aromatic carbocycles. The fourth-order valence-corrected chi connectivity index (χ4v) is 3.55. The summed E-state index contributed by atoms with van der Waals surface area (Å²) in [5.41, 5.74) is 8.72. The lowest BCUT2D eigenvalue weighted by Gasteiger charge is -2.04. The second-order valence-electron chi connectivity index (χ2n) is 7.75. The molecule has 0 saturated carbocycles. The smallest absolute Gasteiger partial charge is 0.240 e. The van der Waals surface area contributed by atoms with Crippen LogP contribution in [0.4, 0.5) is 0 Å². The summed E-state index contributed by atoms with van der Waals surface area (Å²) >= 11 is 6.80. The van der Waals surface area contributed by atoms with Gasteiger partial charge >= 0.3 is 0 Å². The van der Waals surface area contributed by atoms with Gasteiger partial charge in [0.2, 0.25) is 11.8 Å². The minimum atomic E-state index is -0.0788. The Morgan fingerprint density at radius 2 is 0.970 bits per heavy atom. The van der Waals surface area contributed by atoms with Crippen molar-refractivity contribution in [1.29, 1.82) is 0 Å². The number of nitrogens with zero attached hydrogens (tertiary/aromatic N) is 2. The molecule has 2 aromatic rings. The number of unbranched alkanes of at least 4 members (excludes halogenated alkanes) is 4. The first-order valence-electron chi connectivity index (χ1n) is 11.0. The SMILES string of the molecule is CC(=NNC(=O)CCCCCCCC(=O)NN=C(C)c1ccc(Br)cc1)c1ccc(Br)cc1. The second-order valence-corrected chi connectivity index (χ2v) is 9.58. The number of nitrogens with one attached hydrogen (secondary N) is 2. The molecule has 0 aromatic heterocycles. The van der Waals surface area contributed by atoms with Crippen molar-refractivity contribution >= 4 is 55.1 Å². The highest BCUT2D eigenvalue weighted by molar-refractivity contribution is 9.10. The Labute approximate surface area is 212 Å². The molecule has 0 aliphatic carbocycles. The van der Waals surface area contributed by atoms with E-state index in [9.17, 15) is 9.59 Å². The van der Waals surface area contributed by atoms with E-state index >= 15 is 0 Å². The number of benzene rings is 2. The summed E-state index contributed by atoms with van der Waals surface area (Å²) in [5, 5.41) is 8.34. The number of amides is 2. The highest BCUT2D eigenvalue weighted by Gasteiger charge is 2.04. The summed E-state index contributed by atoms with van der Waals surface area (Å²) in [5.74, 6) is -0.158. The molecule has 2 amide bonds. The number of hydrogen-bond acceptors (Lipinski definition) is 4. The van der Waals surface area contributed by atoms with Crippen molar-refractivity contribution in [1.82, 2.24) is 10.9 Å². The predicted octanol–water partition coefficient (Wildman–Crippen LogP) is 6.32. The zero-order valence-electron chi connectivity index (χ0n) is 19.0. The van der Waals surface area contributed by atoms with Crippen molar-refractivity contribution in [3.05, 3.63) is 68.6 Å². The van der Waals surface area contributed by atoms with Crippen LogP contribution >= 0.6 is 31.9 Å². The van der Waals surface area contributed by atoms with E-state index in [0.29, 0.717) is 12.8 Å². The molecule has 0 atom stereocenters. The Morgan fingerprint density at radius 3 is 1.33 bits per heavy atom. The largest absolute Gasteiger partial charge is 0.273 e. The molecule has 0 heterocycles. The fraction of sp³-hybridized carbons (Fsp3) is 0.360. The molecular weight excluding hydrogens is 548 g/mol. The van der Waals surface area contributed by atoms with Crippen molar-refractivity contribution in [3.8, 4) is 0 Å². The van der Waals surface area contributed by atoms with Crippen molar-refractivity contribution < 1.29 is 9.59 Å². The first kappa shape index (κ1) is 26.9. The number of rotatable bonds is 12. The van der Waals surface area contributed by atoms with Gasteiger partial charge in [0, 0.05) is 21.8 Å². The molecule has 176 valence electrons. The zero-order chi connectivity index (χ0) is 24.1. The molecule has 0 saturated heterocycles. The Hall–Kier alpha value is -2.32. The molecule has 0 unspecified atom stereocenters. The maximum Gasteiger partial charge on any atom is 0.240 e. The Balaban J connectivity index is 1.53. The molecule has 8 heteroatoms. The van der Waals surface area contributed by atoms with Crippen molar-refractivity contribution in [3.63, 3.8) is 0 Å². The molecule has 0 radical (unpaired) electrons. The second kappa shape index (κ2) is 14.8. The van der Waals surface area contributed by atoms with Crippen LogP contribution in [0.5, 0.6) is 0 Å². The molecule has 0 fully saturated rings. The van der Waals surface area contributed by atoms with Crippen LogP contribution in [0.2, 0.25) is 0 Å². The quantitative estimate of drug-likeness (QED) is 0.176. The average molecular weight is 578 g/mol. The van der Waals surface area contributed by atoms with Crippen LogP contribution in [-0.2, 0) is 9.59 Å². The van der Waals surface area contributed by atoms with E-state index < -0.39 is 0 Å². The summed E-state index contributed by atoms with van der Waals surface area (Å²) in [6.45, 7) is 3.74. The first-order valence-corrected chi connectivity index (χ1v) is 12.6. The fourth-order valence-electron chi connectivity index (χ4n) is 3.02. The van der Waals surface area contributed by atoms with Gasteiger partial charge in [0.15, 0.2) is 0 Å². The summed E-state index contributed by atoms with van der Waals surface area (Å²) in [7, 11) is 0. The maximum absolute atomic E-state index is 12.0. The van der Waals surface area contributed by atoms with E-state index in [1.54, 1.807) is 0 Å². The third kappa shape index (κ3) is 10.9. The minimum absolute atomic E-state index is 0.0788. The van der Waals surface area contributed by atoms with Gasteiger partial charge < -0.3 is 0 Å². The third-order valence-corrected chi connectivity index (χ3v) is 6.09. The molecule has 0 aliphatic rings. The first-order chi connectivity index (χ1) is 15.8. The van der Waals surface area contributed by atoms with Gasteiger partial charge in [0.05, 0.1) is 11.4 Å². The highest BCUT2D eigenvalue weighted by atomic mass is 79.9. The number of hydrogen-bond donors (Lipinski definition) is 2. The van der Waals surface area contributed by atoms with E-state index in [-0.39, 0.29) is 11.8 Å². The molecule has 2 N–H and O–H groups in total. The molecular formula is C25H30Br2N4O2. The number of carbonyl (C=O) groups excluding carboxylic acids is 2. The van der Waals surface area contributed by atoms with Gasteiger partial charge in [0.1, 0.15) is 0 Å². The van der Waals surface area contributed by atoms with E-state index in [1.165, 1.54) is 0 Å². The lowest BCUT2D eigenvalue weighted by atomic mass is 10.1. The predicted molar refractivity (Wildman–Crippen MR) is 141 cm³/mol. The molecule has 0 aliphatic heterocycles. The van der Waals surface area contributed by atoms with Gasteiger partial charge in [-0.25, -0.2) is 10.9 Å². The van der Waals surface area contributed by atoms with Crippen LogP contribution in [0.1, 0.15) is 69.9 Å². The van der Waals surface area contributed by atoms with Crippen LogP contribution < -0.4 is 10.9 Å². The van der Waals surface area contributed by atoms with Gasteiger partial charge in [-0.2, -0.15) is 10.2 Å². The van der Waals surface area contributed by atoms with Crippen LogP contribution in [0.3, 0.4) is 0 Å². The van der Waals surface area contributed by atoms with Crippen LogP contribution in [0.15, 0.2) is 67.7 Å².